The maximum absolute atomic E-state index is 12.7. The highest BCUT2D eigenvalue weighted by atomic mass is 19.1. The van der Waals surface area contributed by atoms with Gasteiger partial charge in [0.25, 0.3) is 0 Å². The Kier molecular flexibility index (Phi) is 2.68. The maximum atomic E-state index is 12.7. The van der Waals surface area contributed by atoms with Gasteiger partial charge in [0.2, 0.25) is 0 Å². The molecule has 1 saturated heterocycles. The largest absolute Gasteiger partial charge is 0.371 e. The van der Waals surface area contributed by atoms with Crippen molar-refractivity contribution in [3.05, 3.63) is 30.1 Å². The van der Waals surface area contributed by atoms with Gasteiger partial charge in [0.05, 0.1) is 12.7 Å². The van der Waals surface area contributed by atoms with Crippen molar-refractivity contribution in [1.29, 1.82) is 0 Å². The lowest BCUT2D eigenvalue weighted by molar-refractivity contribution is 0.408. The van der Waals surface area contributed by atoms with Gasteiger partial charge in [-0.05, 0) is 31.2 Å². The van der Waals surface area contributed by atoms with E-state index in [4.69, 9.17) is 4.74 Å². The zero-order chi connectivity index (χ0) is 9.97. The zero-order valence-electron chi connectivity index (χ0n) is 8.24. The number of likely N-dealkylation sites (N-methyl/N-ethyl adjacent to an activating group) is 1. The van der Waals surface area contributed by atoms with Crippen molar-refractivity contribution in [1.82, 2.24) is 0 Å². The summed E-state index contributed by atoms with van der Waals surface area (Å²) in [7, 11) is 0. The van der Waals surface area contributed by atoms with Gasteiger partial charge in [0.15, 0.2) is 0 Å². The summed E-state index contributed by atoms with van der Waals surface area (Å²) in [6.45, 7) is 4.77. The first-order valence-corrected chi connectivity index (χ1v) is 4.91. The van der Waals surface area contributed by atoms with E-state index in [-0.39, 0.29) is 5.82 Å². The van der Waals surface area contributed by atoms with Crippen LogP contribution in [0.2, 0.25) is 0 Å². The van der Waals surface area contributed by atoms with Crippen molar-refractivity contribution in [3.8, 4) is 0 Å². The molecule has 0 saturated carbocycles. The fraction of sp³-hybridized carbons (Fsp3) is 0.455. The van der Waals surface area contributed by atoms with Gasteiger partial charge in [-0.15, -0.1) is 0 Å². The number of halogens is 1. The molecule has 0 bridgehead atoms. The number of hydrogen-bond acceptors (Lipinski definition) is 2. The molecule has 0 aromatic heterocycles. The van der Waals surface area contributed by atoms with E-state index in [1.54, 1.807) is 12.1 Å². The van der Waals surface area contributed by atoms with Crippen molar-refractivity contribution < 1.29 is 9.13 Å². The Morgan fingerprint density at radius 1 is 1.43 bits per heavy atom. The highest BCUT2D eigenvalue weighted by Gasteiger charge is 2.24. The van der Waals surface area contributed by atoms with Crippen molar-refractivity contribution in [2.45, 2.75) is 13.0 Å². The van der Waals surface area contributed by atoms with Gasteiger partial charge in [0.1, 0.15) is 5.82 Å². The van der Waals surface area contributed by atoms with Crippen molar-refractivity contribution in [2.75, 3.05) is 24.6 Å². The summed E-state index contributed by atoms with van der Waals surface area (Å²) in [4.78, 5) is 2.19. The smallest absolute Gasteiger partial charge is 0.123 e. The lowest BCUT2D eigenvalue weighted by Gasteiger charge is -2.21. The molecule has 1 unspecified atom stereocenters. The van der Waals surface area contributed by atoms with Crippen LogP contribution in [-0.4, -0.2) is 25.8 Å². The second kappa shape index (κ2) is 3.96. The monoisotopic (exact) mass is 195 g/mol. The summed E-state index contributed by atoms with van der Waals surface area (Å²) in [6.07, 6.45) is 0.375. The minimum absolute atomic E-state index is 0.188. The molecule has 0 amide bonds. The van der Waals surface area contributed by atoms with E-state index >= 15 is 0 Å². The molecular formula is C11H14FNO. The lowest BCUT2D eigenvalue weighted by Crippen LogP contribution is -2.27. The lowest BCUT2D eigenvalue weighted by atomic mass is 10.2. The first-order chi connectivity index (χ1) is 6.79. The van der Waals surface area contributed by atoms with Crippen molar-refractivity contribution in [3.63, 3.8) is 0 Å². The predicted molar refractivity (Wildman–Crippen MR) is 54.0 cm³/mol. The number of benzene rings is 1. The van der Waals surface area contributed by atoms with Crippen molar-refractivity contribution >= 4 is 5.69 Å². The van der Waals surface area contributed by atoms with E-state index < -0.39 is 0 Å². The summed E-state index contributed by atoms with van der Waals surface area (Å²) in [5.74, 6) is -0.188. The third-order valence-corrected chi connectivity index (χ3v) is 2.40. The van der Waals surface area contributed by atoms with E-state index in [2.05, 4.69) is 11.8 Å². The van der Waals surface area contributed by atoms with Gasteiger partial charge in [-0.2, -0.15) is 0 Å². The Balaban J connectivity index is 2.05. The molecule has 0 N–H and O–H groups in total. The normalized spacial score (nSPS) is 19.4. The van der Waals surface area contributed by atoms with Crippen LogP contribution in [0.5, 0.6) is 0 Å². The molecule has 0 spiro atoms. The minimum atomic E-state index is -0.188. The Hall–Kier alpha value is -1.09. The first-order valence-electron chi connectivity index (χ1n) is 4.91. The molecule has 1 fully saturated rings. The molecule has 2 rings (SSSR count). The van der Waals surface area contributed by atoms with Gasteiger partial charge >= 0.3 is 0 Å². The maximum Gasteiger partial charge on any atom is 0.123 e. The van der Waals surface area contributed by atoms with Crippen LogP contribution in [0.4, 0.5) is 10.1 Å². The third kappa shape index (κ3) is 2.23. The van der Waals surface area contributed by atoms with Crippen LogP contribution < -0.4 is 4.90 Å². The molecule has 0 radical (unpaired) electrons. The fourth-order valence-corrected chi connectivity index (χ4v) is 1.49. The molecule has 0 aliphatic carbocycles. The molecule has 1 aromatic rings. The highest BCUT2D eigenvalue weighted by Crippen LogP contribution is 2.18. The third-order valence-electron chi connectivity index (χ3n) is 2.40. The average molecular weight is 195 g/mol. The van der Waals surface area contributed by atoms with Crippen LogP contribution in [0.1, 0.15) is 6.92 Å². The Morgan fingerprint density at radius 3 is 2.57 bits per heavy atom. The SMILES string of the molecule is CCN(CC1CO1)c1ccc(F)cc1. The van der Waals surface area contributed by atoms with Crippen LogP contribution in [0.3, 0.4) is 0 Å². The number of hydrogen-bond donors (Lipinski definition) is 0. The van der Waals surface area contributed by atoms with Crippen molar-refractivity contribution in [2.24, 2.45) is 0 Å². The second-order valence-corrected chi connectivity index (χ2v) is 3.47. The summed E-state index contributed by atoms with van der Waals surface area (Å²) in [5, 5.41) is 0. The van der Waals surface area contributed by atoms with Gasteiger partial charge in [-0.25, -0.2) is 4.39 Å². The minimum Gasteiger partial charge on any atom is -0.371 e. The molecule has 1 heterocycles. The van der Waals surface area contributed by atoms with E-state index in [9.17, 15) is 4.39 Å². The van der Waals surface area contributed by atoms with E-state index in [0.717, 1.165) is 25.4 Å². The van der Waals surface area contributed by atoms with Crippen LogP contribution in [0.15, 0.2) is 24.3 Å². The molecular weight excluding hydrogens is 181 g/mol. The molecule has 1 aromatic carbocycles. The topological polar surface area (TPSA) is 15.8 Å². The van der Waals surface area contributed by atoms with E-state index in [1.807, 2.05) is 0 Å². The summed E-state index contributed by atoms with van der Waals surface area (Å²) >= 11 is 0. The van der Waals surface area contributed by atoms with Crippen LogP contribution in [0, 0.1) is 5.82 Å². The first kappa shape index (κ1) is 9.46. The molecule has 1 aliphatic rings. The molecule has 2 nitrogen and oxygen atoms in total. The Bertz CT molecular complexity index is 295. The number of epoxide rings is 1. The van der Waals surface area contributed by atoms with Crippen LogP contribution >= 0.6 is 0 Å². The standard InChI is InChI=1S/C11H14FNO/c1-2-13(7-11-8-14-11)10-5-3-9(12)4-6-10/h3-6,11H,2,7-8H2,1H3. The van der Waals surface area contributed by atoms with Gasteiger partial charge in [0, 0.05) is 18.8 Å². The highest BCUT2D eigenvalue weighted by molar-refractivity contribution is 5.46. The van der Waals surface area contributed by atoms with E-state index in [0.29, 0.717) is 6.10 Å². The van der Waals surface area contributed by atoms with Gasteiger partial charge in [-0.3, -0.25) is 0 Å². The fourth-order valence-electron chi connectivity index (χ4n) is 1.49. The predicted octanol–water partition coefficient (Wildman–Crippen LogP) is 2.05. The van der Waals surface area contributed by atoms with Gasteiger partial charge < -0.3 is 9.64 Å². The molecule has 14 heavy (non-hydrogen) atoms. The quantitative estimate of drug-likeness (QED) is 0.683. The molecule has 1 aliphatic heterocycles. The van der Waals surface area contributed by atoms with Crippen LogP contribution in [-0.2, 0) is 4.74 Å². The summed E-state index contributed by atoms with van der Waals surface area (Å²) in [6, 6.07) is 6.60. The van der Waals surface area contributed by atoms with E-state index in [1.165, 1.54) is 12.1 Å². The molecule has 1 atom stereocenters. The molecule has 3 heteroatoms. The summed E-state index contributed by atoms with van der Waals surface area (Å²) < 4.78 is 17.9. The number of rotatable bonds is 4. The number of nitrogens with zero attached hydrogens (tertiary/aromatic N) is 1. The Morgan fingerprint density at radius 2 is 2.07 bits per heavy atom. The number of ether oxygens (including phenoxy) is 1. The Labute approximate surface area is 83.3 Å². The summed E-state index contributed by atoms with van der Waals surface area (Å²) in [5.41, 5.74) is 1.06. The zero-order valence-corrected chi connectivity index (χ0v) is 8.24. The van der Waals surface area contributed by atoms with Gasteiger partial charge in [-0.1, -0.05) is 0 Å². The van der Waals surface area contributed by atoms with Crippen LogP contribution in [0.25, 0.3) is 0 Å². The molecule has 76 valence electrons. The second-order valence-electron chi connectivity index (χ2n) is 3.47. The average Bonchev–Trinajstić information content (AvgIpc) is 3.00. The number of anilines is 1.